The van der Waals surface area contributed by atoms with Gasteiger partial charge in [-0.3, -0.25) is 9.78 Å². The molecule has 0 aliphatic rings. The van der Waals surface area contributed by atoms with E-state index in [1.165, 1.54) is 5.56 Å². The van der Waals surface area contributed by atoms with Crippen molar-refractivity contribution >= 4 is 5.97 Å². The third kappa shape index (κ3) is 9.12. The lowest BCUT2D eigenvalue weighted by Crippen LogP contribution is -2.33. The fourth-order valence-corrected chi connectivity index (χ4v) is 1.53. The molecular formula is C13H22N4O2. The van der Waals surface area contributed by atoms with Gasteiger partial charge in [-0.1, -0.05) is 0 Å². The summed E-state index contributed by atoms with van der Waals surface area (Å²) < 4.78 is 0. The summed E-state index contributed by atoms with van der Waals surface area (Å²) in [5, 5.41) is 18.1. The molecule has 6 heteroatoms. The molecule has 1 aromatic heterocycles. The highest BCUT2D eigenvalue weighted by Gasteiger charge is 1.95. The van der Waals surface area contributed by atoms with Crippen LogP contribution in [-0.4, -0.2) is 48.8 Å². The Bertz CT molecular complexity index is 346. The molecule has 1 heterocycles. The van der Waals surface area contributed by atoms with Crippen LogP contribution in [0.4, 0.5) is 0 Å². The highest BCUT2D eigenvalue weighted by molar-refractivity contribution is 5.66. The van der Waals surface area contributed by atoms with Crippen molar-refractivity contribution in [1.29, 1.82) is 0 Å². The van der Waals surface area contributed by atoms with Gasteiger partial charge in [0, 0.05) is 51.7 Å². The molecule has 1 aromatic rings. The number of nitrogens with one attached hydrogen (secondary N) is 3. The van der Waals surface area contributed by atoms with E-state index in [-0.39, 0.29) is 6.42 Å². The lowest BCUT2D eigenvalue weighted by Gasteiger charge is -2.07. The topological polar surface area (TPSA) is 86.3 Å². The van der Waals surface area contributed by atoms with Gasteiger partial charge in [-0.2, -0.15) is 0 Å². The van der Waals surface area contributed by atoms with Gasteiger partial charge in [-0.25, -0.2) is 0 Å². The summed E-state index contributed by atoms with van der Waals surface area (Å²) in [6, 6.07) is 3.99. The third-order valence-electron chi connectivity index (χ3n) is 2.55. The van der Waals surface area contributed by atoms with Crippen LogP contribution in [0.25, 0.3) is 0 Å². The number of hydrogen-bond donors (Lipinski definition) is 4. The number of pyridine rings is 1. The standard InChI is InChI=1S/C13H22N4O2/c18-13(19)3-6-15-7-8-16-9-10-17-11-12-1-4-14-5-2-12/h1-2,4-5,15-17H,3,6-11H2,(H,18,19). The molecule has 4 N–H and O–H groups in total. The number of hydrogen-bond acceptors (Lipinski definition) is 5. The Morgan fingerprint density at radius 2 is 1.58 bits per heavy atom. The first-order valence-corrected chi connectivity index (χ1v) is 6.52. The second kappa shape index (κ2) is 10.4. The maximum atomic E-state index is 10.3. The molecule has 0 amide bonds. The van der Waals surface area contributed by atoms with E-state index in [4.69, 9.17) is 5.11 Å². The number of aliphatic carboxylic acids is 1. The molecule has 0 aliphatic heterocycles. The van der Waals surface area contributed by atoms with Crippen LogP contribution >= 0.6 is 0 Å². The molecule has 0 aromatic carbocycles. The van der Waals surface area contributed by atoms with Crippen LogP contribution in [0.5, 0.6) is 0 Å². The maximum Gasteiger partial charge on any atom is 0.304 e. The molecule has 0 radical (unpaired) electrons. The molecule has 0 aliphatic carbocycles. The number of carboxylic acid groups (broad SMARTS) is 1. The van der Waals surface area contributed by atoms with Crippen LogP contribution in [0, 0.1) is 0 Å². The Morgan fingerprint density at radius 1 is 1.00 bits per heavy atom. The van der Waals surface area contributed by atoms with Crippen molar-refractivity contribution < 1.29 is 9.90 Å². The smallest absolute Gasteiger partial charge is 0.304 e. The molecule has 0 unspecified atom stereocenters. The maximum absolute atomic E-state index is 10.3. The molecule has 0 atom stereocenters. The summed E-state index contributed by atoms with van der Waals surface area (Å²) in [7, 11) is 0. The first-order valence-electron chi connectivity index (χ1n) is 6.52. The molecule has 106 valence electrons. The predicted molar refractivity (Wildman–Crippen MR) is 73.9 cm³/mol. The first kappa shape index (κ1) is 15.6. The second-order valence-corrected chi connectivity index (χ2v) is 4.18. The Morgan fingerprint density at radius 3 is 2.21 bits per heavy atom. The van der Waals surface area contributed by atoms with E-state index in [0.717, 1.165) is 32.7 Å². The lowest BCUT2D eigenvalue weighted by atomic mass is 10.3. The first-order chi connectivity index (χ1) is 9.29. The van der Waals surface area contributed by atoms with Gasteiger partial charge in [0.2, 0.25) is 0 Å². The normalized spacial score (nSPS) is 10.5. The van der Waals surface area contributed by atoms with Crippen molar-refractivity contribution in [3.63, 3.8) is 0 Å². The minimum absolute atomic E-state index is 0.174. The van der Waals surface area contributed by atoms with E-state index in [9.17, 15) is 4.79 Å². The summed E-state index contributed by atoms with van der Waals surface area (Å²) in [4.78, 5) is 14.2. The second-order valence-electron chi connectivity index (χ2n) is 4.18. The summed E-state index contributed by atoms with van der Waals surface area (Å²) in [6.45, 7) is 4.80. The van der Waals surface area contributed by atoms with Gasteiger partial charge < -0.3 is 21.1 Å². The van der Waals surface area contributed by atoms with Crippen LogP contribution in [-0.2, 0) is 11.3 Å². The molecule has 19 heavy (non-hydrogen) atoms. The van der Waals surface area contributed by atoms with Crippen LogP contribution in [0.2, 0.25) is 0 Å². The Hall–Kier alpha value is -1.50. The molecular weight excluding hydrogens is 244 g/mol. The highest BCUT2D eigenvalue weighted by Crippen LogP contribution is 1.93. The van der Waals surface area contributed by atoms with Gasteiger partial charge in [0.05, 0.1) is 6.42 Å². The molecule has 1 rings (SSSR count). The van der Waals surface area contributed by atoms with Crippen molar-refractivity contribution in [3.8, 4) is 0 Å². The zero-order valence-corrected chi connectivity index (χ0v) is 11.1. The number of nitrogens with zero attached hydrogens (tertiary/aromatic N) is 1. The van der Waals surface area contributed by atoms with Gasteiger partial charge in [-0.15, -0.1) is 0 Å². The predicted octanol–water partition coefficient (Wildman–Crippen LogP) is -0.175. The van der Waals surface area contributed by atoms with Crippen molar-refractivity contribution in [3.05, 3.63) is 30.1 Å². The van der Waals surface area contributed by atoms with Crippen molar-refractivity contribution in [2.75, 3.05) is 32.7 Å². The quantitative estimate of drug-likeness (QED) is 0.416. The molecule has 0 bridgehead atoms. The molecule has 0 saturated heterocycles. The van der Waals surface area contributed by atoms with E-state index in [0.29, 0.717) is 6.54 Å². The molecule has 6 nitrogen and oxygen atoms in total. The van der Waals surface area contributed by atoms with Gasteiger partial charge in [-0.05, 0) is 17.7 Å². The minimum atomic E-state index is -0.763. The van der Waals surface area contributed by atoms with Gasteiger partial charge in [0.15, 0.2) is 0 Å². The van der Waals surface area contributed by atoms with E-state index in [1.807, 2.05) is 12.1 Å². The van der Waals surface area contributed by atoms with Crippen LogP contribution < -0.4 is 16.0 Å². The largest absolute Gasteiger partial charge is 0.481 e. The fourth-order valence-electron chi connectivity index (χ4n) is 1.53. The van der Waals surface area contributed by atoms with Gasteiger partial charge in [0.25, 0.3) is 0 Å². The van der Waals surface area contributed by atoms with Crippen LogP contribution in [0.15, 0.2) is 24.5 Å². The zero-order chi connectivity index (χ0) is 13.8. The number of rotatable bonds is 11. The third-order valence-corrected chi connectivity index (χ3v) is 2.55. The van der Waals surface area contributed by atoms with Crippen molar-refractivity contribution in [2.45, 2.75) is 13.0 Å². The summed E-state index contributed by atoms with van der Waals surface area (Å²) >= 11 is 0. The SMILES string of the molecule is O=C(O)CCNCCNCCNCc1ccncc1. The van der Waals surface area contributed by atoms with E-state index in [1.54, 1.807) is 12.4 Å². The van der Waals surface area contributed by atoms with Crippen molar-refractivity contribution in [2.24, 2.45) is 0 Å². The van der Waals surface area contributed by atoms with Crippen molar-refractivity contribution in [1.82, 2.24) is 20.9 Å². The number of carboxylic acids is 1. The Kier molecular flexibility index (Phi) is 8.54. The fraction of sp³-hybridized carbons (Fsp3) is 0.538. The van der Waals surface area contributed by atoms with E-state index < -0.39 is 5.97 Å². The summed E-state index contributed by atoms with van der Waals surface area (Å²) in [5.74, 6) is -0.763. The van der Waals surface area contributed by atoms with Gasteiger partial charge >= 0.3 is 5.97 Å². The number of carbonyl (C=O) groups is 1. The average molecular weight is 266 g/mol. The lowest BCUT2D eigenvalue weighted by molar-refractivity contribution is -0.136. The van der Waals surface area contributed by atoms with E-state index >= 15 is 0 Å². The Balaban J connectivity index is 1.83. The van der Waals surface area contributed by atoms with Crippen LogP contribution in [0.3, 0.4) is 0 Å². The van der Waals surface area contributed by atoms with Gasteiger partial charge in [0.1, 0.15) is 0 Å². The average Bonchev–Trinajstić information content (AvgIpc) is 2.42. The Labute approximate surface area is 113 Å². The zero-order valence-electron chi connectivity index (χ0n) is 11.1. The summed E-state index contributed by atoms with van der Waals surface area (Å²) in [5.41, 5.74) is 1.23. The highest BCUT2D eigenvalue weighted by atomic mass is 16.4. The molecule has 0 spiro atoms. The summed E-state index contributed by atoms with van der Waals surface area (Å²) in [6.07, 6.45) is 3.75. The molecule has 0 saturated carbocycles. The van der Waals surface area contributed by atoms with Crippen LogP contribution in [0.1, 0.15) is 12.0 Å². The monoisotopic (exact) mass is 266 g/mol. The minimum Gasteiger partial charge on any atom is -0.481 e. The number of aromatic nitrogens is 1. The van der Waals surface area contributed by atoms with E-state index in [2.05, 4.69) is 20.9 Å². The molecule has 0 fully saturated rings.